The molecule has 0 aliphatic carbocycles. The third kappa shape index (κ3) is 4.01. The number of halogens is 1. The smallest absolute Gasteiger partial charge is 0.240 e. The summed E-state index contributed by atoms with van der Waals surface area (Å²) in [7, 11) is -3.79. The minimum Gasteiger partial charge on any atom is -0.273 e. The Morgan fingerprint density at radius 2 is 1.84 bits per heavy atom. The highest BCUT2D eigenvalue weighted by Gasteiger charge is 2.14. The quantitative estimate of drug-likeness (QED) is 0.697. The average Bonchev–Trinajstić information content (AvgIpc) is 2.98. The molecule has 0 saturated heterocycles. The molecular formula is C16H15FN4O3S. The molecule has 0 bridgehead atoms. The van der Waals surface area contributed by atoms with Gasteiger partial charge in [0.2, 0.25) is 15.9 Å². The SMILES string of the molecule is O=C(CCNS(=O)(=O)c1ccc(F)cc1)Nn1cnc2ccccc21. The average molecular weight is 362 g/mol. The van der Waals surface area contributed by atoms with E-state index in [1.807, 2.05) is 18.2 Å². The summed E-state index contributed by atoms with van der Waals surface area (Å²) < 4.78 is 40.7. The summed E-state index contributed by atoms with van der Waals surface area (Å²) in [6.07, 6.45) is 1.41. The molecule has 0 unspecified atom stereocenters. The zero-order chi connectivity index (χ0) is 17.9. The Morgan fingerprint density at radius 1 is 1.12 bits per heavy atom. The number of para-hydroxylation sites is 2. The molecule has 0 aliphatic heterocycles. The van der Waals surface area contributed by atoms with E-state index < -0.39 is 15.8 Å². The molecule has 2 N–H and O–H groups in total. The van der Waals surface area contributed by atoms with E-state index in [9.17, 15) is 17.6 Å². The molecule has 0 spiro atoms. The van der Waals surface area contributed by atoms with Crippen LogP contribution >= 0.6 is 0 Å². The van der Waals surface area contributed by atoms with Crippen molar-refractivity contribution in [3.05, 3.63) is 60.7 Å². The van der Waals surface area contributed by atoms with Gasteiger partial charge in [-0.3, -0.25) is 10.2 Å². The molecule has 1 heterocycles. The lowest BCUT2D eigenvalue weighted by atomic mass is 10.3. The van der Waals surface area contributed by atoms with Gasteiger partial charge in [0.15, 0.2) is 0 Å². The van der Waals surface area contributed by atoms with Crippen LogP contribution in [0.2, 0.25) is 0 Å². The van der Waals surface area contributed by atoms with Gasteiger partial charge in [0, 0.05) is 13.0 Å². The minimum atomic E-state index is -3.79. The summed E-state index contributed by atoms with van der Waals surface area (Å²) in [6.45, 7) is -0.0851. The second-order valence-corrected chi connectivity index (χ2v) is 7.01. The summed E-state index contributed by atoms with van der Waals surface area (Å²) in [4.78, 5) is 16.1. The highest BCUT2D eigenvalue weighted by atomic mass is 32.2. The lowest BCUT2D eigenvalue weighted by Gasteiger charge is -2.08. The molecule has 0 aliphatic rings. The highest BCUT2D eigenvalue weighted by Crippen LogP contribution is 2.11. The maximum atomic E-state index is 12.8. The molecule has 3 aromatic rings. The van der Waals surface area contributed by atoms with Crippen molar-refractivity contribution in [1.82, 2.24) is 14.4 Å². The van der Waals surface area contributed by atoms with Crippen molar-refractivity contribution in [3.8, 4) is 0 Å². The largest absolute Gasteiger partial charge is 0.273 e. The van der Waals surface area contributed by atoms with E-state index in [-0.39, 0.29) is 23.8 Å². The number of benzene rings is 2. The summed E-state index contributed by atoms with van der Waals surface area (Å²) >= 11 is 0. The number of nitrogens with one attached hydrogen (secondary N) is 2. The predicted octanol–water partition coefficient (Wildman–Crippen LogP) is 1.61. The van der Waals surface area contributed by atoms with Crippen molar-refractivity contribution >= 4 is 27.0 Å². The van der Waals surface area contributed by atoms with Gasteiger partial charge < -0.3 is 0 Å². The zero-order valence-corrected chi connectivity index (χ0v) is 13.8. The van der Waals surface area contributed by atoms with Gasteiger partial charge in [-0.2, -0.15) is 0 Å². The number of imidazole rings is 1. The Kier molecular flexibility index (Phi) is 4.77. The van der Waals surface area contributed by atoms with Crippen LogP contribution in [0.5, 0.6) is 0 Å². The molecule has 7 nitrogen and oxygen atoms in total. The first-order chi connectivity index (χ1) is 12.0. The minimum absolute atomic E-state index is 0.0603. The monoisotopic (exact) mass is 362 g/mol. The highest BCUT2D eigenvalue weighted by molar-refractivity contribution is 7.89. The summed E-state index contributed by atoms with van der Waals surface area (Å²) in [5, 5.41) is 0. The third-order valence-corrected chi connectivity index (χ3v) is 4.94. The second-order valence-electron chi connectivity index (χ2n) is 5.24. The van der Waals surface area contributed by atoms with Crippen LogP contribution in [-0.4, -0.2) is 30.5 Å². The third-order valence-electron chi connectivity index (χ3n) is 3.47. The van der Waals surface area contributed by atoms with Gasteiger partial charge >= 0.3 is 0 Å². The van der Waals surface area contributed by atoms with Gasteiger partial charge in [0.05, 0.1) is 15.9 Å². The van der Waals surface area contributed by atoms with Gasteiger partial charge in [0.1, 0.15) is 12.1 Å². The van der Waals surface area contributed by atoms with Gasteiger partial charge in [0.25, 0.3) is 0 Å². The number of aromatic nitrogens is 2. The van der Waals surface area contributed by atoms with Crippen LogP contribution < -0.4 is 10.1 Å². The summed E-state index contributed by atoms with van der Waals surface area (Å²) in [5.74, 6) is -0.893. The molecular weight excluding hydrogens is 347 g/mol. The fraction of sp³-hybridized carbons (Fsp3) is 0.125. The molecule has 9 heteroatoms. The van der Waals surface area contributed by atoms with Crippen molar-refractivity contribution in [2.75, 3.05) is 12.0 Å². The standard InChI is InChI=1S/C16H15FN4O3S/c17-12-5-7-13(8-6-12)25(23,24)19-10-9-16(22)20-21-11-18-14-3-1-2-4-15(14)21/h1-8,11,19H,9-10H2,(H,20,22). The number of hydrogen-bond donors (Lipinski definition) is 2. The van der Waals surface area contributed by atoms with Gasteiger partial charge in [-0.05, 0) is 36.4 Å². The first-order valence-corrected chi connectivity index (χ1v) is 8.91. The number of amides is 1. The first kappa shape index (κ1) is 17.1. The van der Waals surface area contributed by atoms with Crippen LogP contribution in [0.1, 0.15) is 6.42 Å². The molecule has 130 valence electrons. The van der Waals surface area contributed by atoms with Gasteiger partial charge in [-0.1, -0.05) is 12.1 Å². The molecule has 0 atom stereocenters. The van der Waals surface area contributed by atoms with Crippen LogP contribution in [0.3, 0.4) is 0 Å². The topological polar surface area (TPSA) is 93.1 Å². The van der Waals surface area contributed by atoms with Crippen LogP contribution in [-0.2, 0) is 14.8 Å². The van der Waals surface area contributed by atoms with Gasteiger partial charge in [-0.15, -0.1) is 0 Å². The Hall–Kier alpha value is -2.78. The normalized spacial score (nSPS) is 11.6. The summed E-state index contributed by atoms with van der Waals surface area (Å²) in [6, 6.07) is 11.7. The molecule has 25 heavy (non-hydrogen) atoms. The maximum absolute atomic E-state index is 12.8. The second kappa shape index (κ2) is 6.99. The lowest BCUT2D eigenvalue weighted by molar-refractivity contribution is -0.116. The molecule has 2 aromatic carbocycles. The number of sulfonamides is 1. The van der Waals surface area contributed by atoms with E-state index in [4.69, 9.17) is 0 Å². The number of carbonyl (C=O) groups excluding carboxylic acids is 1. The molecule has 3 rings (SSSR count). The maximum Gasteiger partial charge on any atom is 0.240 e. The first-order valence-electron chi connectivity index (χ1n) is 7.43. The number of fused-ring (bicyclic) bond motifs is 1. The van der Waals surface area contributed by atoms with Crippen molar-refractivity contribution in [2.45, 2.75) is 11.3 Å². The van der Waals surface area contributed by atoms with E-state index in [0.717, 1.165) is 35.3 Å². The van der Waals surface area contributed by atoms with Crippen LogP contribution in [0.15, 0.2) is 59.8 Å². The van der Waals surface area contributed by atoms with Crippen LogP contribution in [0.4, 0.5) is 4.39 Å². The van der Waals surface area contributed by atoms with Crippen molar-refractivity contribution < 1.29 is 17.6 Å². The van der Waals surface area contributed by atoms with E-state index in [2.05, 4.69) is 15.1 Å². The predicted molar refractivity (Wildman–Crippen MR) is 90.3 cm³/mol. The summed E-state index contributed by atoms with van der Waals surface area (Å²) in [5.41, 5.74) is 4.10. The van der Waals surface area contributed by atoms with Crippen LogP contribution in [0.25, 0.3) is 11.0 Å². The van der Waals surface area contributed by atoms with Crippen LogP contribution in [0, 0.1) is 5.82 Å². The van der Waals surface area contributed by atoms with E-state index >= 15 is 0 Å². The molecule has 1 amide bonds. The number of nitrogens with zero attached hydrogens (tertiary/aromatic N) is 2. The lowest BCUT2D eigenvalue weighted by Crippen LogP contribution is -2.30. The fourth-order valence-corrected chi connectivity index (χ4v) is 3.27. The number of rotatable bonds is 6. The Labute approximate surface area is 143 Å². The molecule has 0 radical (unpaired) electrons. The Morgan fingerprint density at radius 3 is 2.60 bits per heavy atom. The Balaban J connectivity index is 1.56. The zero-order valence-electron chi connectivity index (χ0n) is 13.0. The van der Waals surface area contributed by atoms with Gasteiger partial charge in [-0.25, -0.2) is 27.2 Å². The van der Waals surface area contributed by atoms with E-state index in [1.54, 1.807) is 6.07 Å². The number of carbonyl (C=O) groups is 1. The number of hydrogen-bond acceptors (Lipinski definition) is 4. The van der Waals surface area contributed by atoms with E-state index in [0.29, 0.717) is 0 Å². The fourth-order valence-electron chi connectivity index (χ4n) is 2.23. The molecule has 0 fully saturated rings. The van der Waals surface area contributed by atoms with Crippen molar-refractivity contribution in [2.24, 2.45) is 0 Å². The molecule has 0 saturated carbocycles. The Bertz CT molecular complexity index is 1000. The van der Waals surface area contributed by atoms with Crippen molar-refractivity contribution in [1.29, 1.82) is 0 Å². The van der Waals surface area contributed by atoms with Crippen molar-refractivity contribution in [3.63, 3.8) is 0 Å². The van der Waals surface area contributed by atoms with E-state index in [1.165, 1.54) is 11.0 Å². The molecule has 1 aromatic heterocycles.